The molecule has 0 unspecified atom stereocenters. The lowest BCUT2D eigenvalue weighted by Crippen LogP contribution is -2.30. The molecule has 0 radical (unpaired) electrons. The molecule has 2 rings (SSSR count). The SMILES string of the molecule is CCCNCC(C)(C)CCc1ccc(Cl)c2ccccc12. The Balaban J connectivity index is 2.08. The standard InChI is InChI=1S/C19H26ClN/c1-4-13-21-14-19(2,3)12-11-15-9-10-18(20)17-8-6-5-7-16(15)17/h5-10,21H,4,11-14H2,1-3H3. The minimum atomic E-state index is 0.315. The largest absolute Gasteiger partial charge is 0.316 e. The first-order valence-electron chi connectivity index (χ1n) is 7.90. The second-order valence-electron chi connectivity index (χ2n) is 6.59. The highest BCUT2D eigenvalue weighted by Gasteiger charge is 2.17. The second-order valence-corrected chi connectivity index (χ2v) is 7.00. The molecule has 2 aromatic rings. The highest BCUT2D eigenvalue weighted by molar-refractivity contribution is 6.35. The summed E-state index contributed by atoms with van der Waals surface area (Å²) in [7, 11) is 0. The molecule has 0 bridgehead atoms. The molecule has 1 nitrogen and oxygen atoms in total. The van der Waals surface area contributed by atoms with E-state index >= 15 is 0 Å². The Morgan fingerprint density at radius 1 is 1.05 bits per heavy atom. The Bertz CT molecular complexity index is 589. The number of fused-ring (bicyclic) bond motifs is 1. The molecule has 0 spiro atoms. The van der Waals surface area contributed by atoms with E-state index in [1.165, 1.54) is 29.2 Å². The van der Waals surface area contributed by atoms with Gasteiger partial charge in [-0.3, -0.25) is 0 Å². The third-order valence-corrected chi connectivity index (χ3v) is 4.39. The minimum Gasteiger partial charge on any atom is -0.316 e. The lowest BCUT2D eigenvalue weighted by molar-refractivity contribution is 0.315. The van der Waals surface area contributed by atoms with Crippen LogP contribution in [0.1, 0.15) is 39.2 Å². The third-order valence-electron chi connectivity index (χ3n) is 4.06. The van der Waals surface area contributed by atoms with E-state index in [1.54, 1.807) is 0 Å². The van der Waals surface area contributed by atoms with Gasteiger partial charge in [-0.1, -0.05) is 62.7 Å². The lowest BCUT2D eigenvalue weighted by atomic mass is 9.85. The zero-order valence-electron chi connectivity index (χ0n) is 13.4. The van der Waals surface area contributed by atoms with Crippen molar-refractivity contribution in [2.45, 2.75) is 40.0 Å². The molecule has 1 N–H and O–H groups in total. The van der Waals surface area contributed by atoms with E-state index in [4.69, 9.17) is 11.6 Å². The molecule has 0 atom stereocenters. The normalized spacial score (nSPS) is 12.0. The van der Waals surface area contributed by atoms with E-state index in [1.807, 2.05) is 6.07 Å². The first kappa shape index (κ1) is 16.3. The summed E-state index contributed by atoms with van der Waals surface area (Å²) in [5.74, 6) is 0. The van der Waals surface area contributed by atoms with E-state index < -0.39 is 0 Å². The number of benzene rings is 2. The quantitative estimate of drug-likeness (QED) is 0.670. The van der Waals surface area contributed by atoms with Crippen LogP contribution in [-0.2, 0) is 6.42 Å². The van der Waals surface area contributed by atoms with Crippen LogP contribution in [0.15, 0.2) is 36.4 Å². The molecular formula is C19H26ClN. The van der Waals surface area contributed by atoms with Crippen LogP contribution < -0.4 is 5.32 Å². The molecule has 0 aliphatic carbocycles. The summed E-state index contributed by atoms with van der Waals surface area (Å²) < 4.78 is 0. The Hall–Kier alpha value is -1.05. The minimum absolute atomic E-state index is 0.315. The van der Waals surface area contributed by atoms with Crippen molar-refractivity contribution in [1.29, 1.82) is 0 Å². The van der Waals surface area contributed by atoms with Crippen LogP contribution in [0.3, 0.4) is 0 Å². The monoisotopic (exact) mass is 303 g/mol. The van der Waals surface area contributed by atoms with Crippen LogP contribution in [0.25, 0.3) is 10.8 Å². The van der Waals surface area contributed by atoms with Gasteiger partial charge in [-0.25, -0.2) is 0 Å². The van der Waals surface area contributed by atoms with Crippen molar-refractivity contribution in [1.82, 2.24) is 5.32 Å². The van der Waals surface area contributed by atoms with Gasteiger partial charge in [0.25, 0.3) is 0 Å². The number of hydrogen-bond acceptors (Lipinski definition) is 1. The van der Waals surface area contributed by atoms with Gasteiger partial charge in [-0.2, -0.15) is 0 Å². The van der Waals surface area contributed by atoms with Crippen LogP contribution in [0, 0.1) is 5.41 Å². The highest BCUT2D eigenvalue weighted by Crippen LogP contribution is 2.29. The summed E-state index contributed by atoms with van der Waals surface area (Å²) in [5, 5.41) is 6.84. The summed E-state index contributed by atoms with van der Waals surface area (Å²) in [5.41, 5.74) is 1.72. The zero-order valence-corrected chi connectivity index (χ0v) is 14.1. The maximum atomic E-state index is 6.29. The van der Waals surface area contributed by atoms with Gasteiger partial charge in [0.2, 0.25) is 0 Å². The number of rotatable bonds is 7. The predicted molar refractivity (Wildman–Crippen MR) is 94.2 cm³/mol. The van der Waals surface area contributed by atoms with Crippen molar-refractivity contribution in [3.05, 3.63) is 47.0 Å². The summed E-state index contributed by atoms with van der Waals surface area (Å²) in [4.78, 5) is 0. The second kappa shape index (κ2) is 7.29. The Kier molecular flexibility index (Phi) is 5.66. The zero-order chi connectivity index (χ0) is 15.3. The number of hydrogen-bond donors (Lipinski definition) is 1. The van der Waals surface area contributed by atoms with Crippen LogP contribution >= 0.6 is 11.6 Å². The van der Waals surface area contributed by atoms with Gasteiger partial charge in [-0.15, -0.1) is 0 Å². The lowest BCUT2D eigenvalue weighted by Gasteiger charge is -2.25. The average molecular weight is 304 g/mol. The maximum Gasteiger partial charge on any atom is 0.0484 e. The number of aryl methyl sites for hydroxylation is 1. The van der Waals surface area contributed by atoms with Gasteiger partial charge in [0.1, 0.15) is 0 Å². The molecule has 0 aromatic heterocycles. The van der Waals surface area contributed by atoms with Crippen LogP contribution in [0.4, 0.5) is 0 Å². The topological polar surface area (TPSA) is 12.0 Å². The maximum absolute atomic E-state index is 6.29. The summed E-state index contributed by atoms with van der Waals surface area (Å²) in [6.45, 7) is 9.07. The number of halogens is 1. The molecular weight excluding hydrogens is 278 g/mol. The molecule has 0 aliphatic rings. The molecule has 0 fully saturated rings. The van der Waals surface area contributed by atoms with Gasteiger partial charge in [0, 0.05) is 17.0 Å². The van der Waals surface area contributed by atoms with Crippen molar-refractivity contribution < 1.29 is 0 Å². The van der Waals surface area contributed by atoms with Gasteiger partial charge in [-0.05, 0) is 48.2 Å². The van der Waals surface area contributed by atoms with E-state index in [2.05, 4.69) is 56.4 Å². The first-order chi connectivity index (χ1) is 10.0. The summed E-state index contributed by atoms with van der Waals surface area (Å²) in [6.07, 6.45) is 3.46. The van der Waals surface area contributed by atoms with Gasteiger partial charge >= 0.3 is 0 Å². The first-order valence-corrected chi connectivity index (χ1v) is 8.28. The molecule has 0 saturated carbocycles. The van der Waals surface area contributed by atoms with Crippen LogP contribution in [0.5, 0.6) is 0 Å². The highest BCUT2D eigenvalue weighted by atomic mass is 35.5. The summed E-state index contributed by atoms with van der Waals surface area (Å²) >= 11 is 6.29. The molecule has 0 heterocycles. The Labute approximate surface area is 133 Å². The van der Waals surface area contributed by atoms with E-state index in [-0.39, 0.29) is 0 Å². The van der Waals surface area contributed by atoms with E-state index in [9.17, 15) is 0 Å². The van der Waals surface area contributed by atoms with E-state index in [0.29, 0.717) is 5.41 Å². The number of nitrogens with one attached hydrogen (secondary N) is 1. The third kappa shape index (κ3) is 4.46. The fourth-order valence-corrected chi connectivity index (χ4v) is 2.94. The van der Waals surface area contributed by atoms with Crippen molar-refractivity contribution in [3.63, 3.8) is 0 Å². The Morgan fingerprint density at radius 2 is 1.76 bits per heavy atom. The van der Waals surface area contributed by atoms with Gasteiger partial charge < -0.3 is 5.32 Å². The molecule has 0 aliphatic heterocycles. The van der Waals surface area contributed by atoms with Crippen molar-refractivity contribution >= 4 is 22.4 Å². The fraction of sp³-hybridized carbons (Fsp3) is 0.474. The molecule has 0 amide bonds. The van der Waals surface area contributed by atoms with Crippen molar-refractivity contribution in [2.24, 2.45) is 5.41 Å². The smallest absolute Gasteiger partial charge is 0.0484 e. The van der Waals surface area contributed by atoms with Gasteiger partial charge in [0.05, 0.1) is 0 Å². The molecule has 21 heavy (non-hydrogen) atoms. The average Bonchev–Trinajstić information content (AvgIpc) is 2.47. The Morgan fingerprint density at radius 3 is 2.48 bits per heavy atom. The molecule has 114 valence electrons. The fourth-order valence-electron chi connectivity index (χ4n) is 2.71. The van der Waals surface area contributed by atoms with E-state index in [0.717, 1.165) is 24.5 Å². The molecule has 2 aromatic carbocycles. The van der Waals surface area contributed by atoms with Gasteiger partial charge in [0.15, 0.2) is 0 Å². The van der Waals surface area contributed by atoms with Crippen molar-refractivity contribution in [2.75, 3.05) is 13.1 Å². The van der Waals surface area contributed by atoms with Crippen LogP contribution in [0.2, 0.25) is 5.02 Å². The van der Waals surface area contributed by atoms with Crippen LogP contribution in [-0.4, -0.2) is 13.1 Å². The summed E-state index contributed by atoms with van der Waals surface area (Å²) in [6, 6.07) is 12.6. The predicted octanol–water partition coefficient (Wildman–Crippen LogP) is 5.45. The molecule has 2 heteroatoms. The van der Waals surface area contributed by atoms with Crippen molar-refractivity contribution in [3.8, 4) is 0 Å². The molecule has 0 saturated heterocycles.